The van der Waals surface area contributed by atoms with Crippen molar-refractivity contribution in [3.8, 4) is 11.4 Å². The predicted molar refractivity (Wildman–Crippen MR) is 93.3 cm³/mol. The minimum atomic E-state index is -4.20. The van der Waals surface area contributed by atoms with Gasteiger partial charge in [0.2, 0.25) is 5.56 Å². The van der Waals surface area contributed by atoms with E-state index in [0.29, 0.717) is 42.9 Å². The van der Waals surface area contributed by atoms with Gasteiger partial charge in [0.25, 0.3) is 5.91 Å². The lowest BCUT2D eigenvalue weighted by Gasteiger charge is -2.32. The molecule has 0 radical (unpaired) electrons. The molecule has 2 aromatic heterocycles. The van der Waals surface area contributed by atoms with Gasteiger partial charge in [0.1, 0.15) is 0 Å². The van der Waals surface area contributed by atoms with Gasteiger partial charge in [-0.15, -0.1) is 0 Å². The van der Waals surface area contributed by atoms with Crippen LogP contribution in [0.3, 0.4) is 0 Å². The number of halogens is 3. The Morgan fingerprint density at radius 1 is 1.22 bits per heavy atom. The topological polar surface area (TPSA) is 78.1 Å². The standard InChI is InChI=1S/C18H19F3N4O2/c19-18(20,21)11-25-8-6-13(7-9-25)23-17(27)12-4-5-14(22-10-12)15-2-1-3-16(26)24-15/h1-5,10,13H,6-9,11H2,(H,23,27)(H,24,26). The third-order valence-corrected chi connectivity index (χ3v) is 4.40. The Morgan fingerprint density at radius 2 is 1.96 bits per heavy atom. The van der Waals surface area contributed by atoms with Gasteiger partial charge in [-0.2, -0.15) is 13.2 Å². The smallest absolute Gasteiger partial charge is 0.349 e. The summed E-state index contributed by atoms with van der Waals surface area (Å²) < 4.78 is 37.2. The first-order chi connectivity index (χ1) is 12.8. The normalized spacial score (nSPS) is 16.3. The molecule has 3 rings (SSSR count). The van der Waals surface area contributed by atoms with Crippen molar-refractivity contribution in [2.24, 2.45) is 0 Å². The summed E-state index contributed by atoms with van der Waals surface area (Å²) in [6.07, 6.45) is -1.85. The number of aromatic amines is 1. The number of aromatic nitrogens is 2. The summed E-state index contributed by atoms with van der Waals surface area (Å²) in [6.45, 7) is -0.327. The Hall–Kier alpha value is -2.68. The first kappa shape index (κ1) is 19.1. The van der Waals surface area contributed by atoms with Gasteiger partial charge < -0.3 is 10.3 Å². The quantitative estimate of drug-likeness (QED) is 0.853. The largest absolute Gasteiger partial charge is 0.401 e. The number of nitrogens with zero attached hydrogens (tertiary/aromatic N) is 2. The van der Waals surface area contributed by atoms with E-state index in [-0.39, 0.29) is 17.5 Å². The Kier molecular flexibility index (Phi) is 5.59. The average molecular weight is 380 g/mol. The second kappa shape index (κ2) is 7.91. The minimum absolute atomic E-state index is 0.160. The summed E-state index contributed by atoms with van der Waals surface area (Å²) in [7, 11) is 0. The van der Waals surface area contributed by atoms with E-state index < -0.39 is 12.7 Å². The molecule has 0 spiro atoms. The maximum Gasteiger partial charge on any atom is 0.401 e. The highest BCUT2D eigenvalue weighted by Gasteiger charge is 2.32. The van der Waals surface area contributed by atoms with E-state index in [2.05, 4.69) is 15.3 Å². The van der Waals surface area contributed by atoms with Crippen molar-refractivity contribution in [1.82, 2.24) is 20.2 Å². The van der Waals surface area contributed by atoms with Crippen molar-refractivity contribution in [2.75, 3.05) is 19.6 Å². The molecule has 0 saturated carbocycles. The molecule has 2 aromatic rings. The van der Waals surface area contributed by atoms with Crippen LogP contribution in [-0.2, 0) is 0 Å². The first-order valence-corrected chi connectivity index (χ1v) is 8.56. The Morgan fingerprint density at radius 3 is 2.56 bits per heavy atom. The van der Waals surface area contributed by atoms with Crippen LogP contribution in [0.1, 0.15) is 23.2 Å². The maximum atomic E-state index is 12.4. The molecule has 144 valence electrons. The fourth-order valence-corrected chi connectivity index (χ4v) is 3.04. The zero-order valence-electron chi connectivity index (χ0n) is 14.4. The molecule has 27 heavy (non-hydrogen) atoms. The van der Waals surface area contributed by atoms with Crippen LogP contribution in [0.5, 0.6) is 0 Å². The fraction of sp³-hybridized carbons (Fsp3) is 0.389. The van der Waals surface area contributed by atoms with Gasteiger partial charge >= 0.3 is 6.18 Å². The van der Waals surface area contributed by atoms with Crippen LogP contribution >= 0.6 is 0 Å². The number of pyridine rings is 2. The molecule has 0 unspecified atom stereocenters. The van der Waals surface area contributed by atoms with Crippen LogP contribution in [0.25, 0.3) is 11.4 Å². The van der Waals surface area contributed by atoms with Crippen LogP contribution < -0.4 is 10.9 Å². The number of hydrogen-bond acceptors (Lipinski definition) is 4. The number of amides is 1. The van der Waals surface area contributed by atoms with Crippen molar-refractivity contribution in [2.45, 2.75) is 25.1 Å². The molecule has 1 aliphatic heterocycles. The Bertz CT molecular complexity index is 841. The van der Waals surface area contributed by atoms with Gasteiger partial charge in [-0.05, 0) is 31.0 Å². The number of likely N-dealkylation sites (tertiary alicyclic amines) is 1. The van der Waals surface area contributed by atoms with E-state index >= 15 is 0 Å². The molecule has 1 aliphatic rings. The Balaban J connectivity index is 1.55. The van der Waals surface area contributed by atoms with Crippen molar-refractivity contribution < 1.29 is 18.0 Å². The van der Waals surface area contributed by atoms with Gasteiger partial charge in [-0.3, -0.25) is 19.5 Å². The molecule has 0 aliphatic carbocycles. The molecular weight excluding hydrogens is 361 g/mol. The number of rotatable bonds is 4. The first-order valence-electron chi connectivity index (χ1n) is 8.56. The highest BCUT2D eigenvalue weighted by atomic mass is 19.4. The zero-order valence-corrected chi connectivity index (χ0v) is 14.4. The lowest BCUT2D eigenvalue weighted by Crippen LogP contribution is -2.47. The van der Waals surface area contributed by atoms with E-state index in [1.54, 1.807) is 24.3 Å². The summed E-state index contributed by atoms with van der Waals surface area (Å²) in [5.41, 5.74) is 1.19. The number of nitrogens with one attached hydrogen (secondary N) is 2. The minimum Gasteiger partial charge on any atom is -0.349 e. The molecule has 9 heteroatoms. The second-order valence-electron chi connectivity index (χ2n) is 6.50. The maximum absolute atomic E-state index is 12.4. The van der Waals surface area contributed by atoms with Crippen LogP contribution in [0.15, 0.2) is 41.3 Å². The van der Waals surface area contributed by atoms with Gasteiger partial charge in [0.15, 0.2) is 0 Å². The number of piperidine rings is 1. The summed E-state index contributed by atoms with van der Waals surface area (Å²) in [4.78, 5) is 31.9. The molecule has 6 nitrogen and oxygen atoms in total. The summed E-state index contributed by atoms with van der Waals surface area (Å²) >= 11 is 0. The van der Waals surface area contributed by atoms with Crippen molar-refractivity contribution >= 4 is 5.91 Å². The number of hydrogen-bond donors (Lipinski definition) is 2. The van der Waals surface area contributed by atoms with Crippen LogP contribution in [0.4, 0.5) is 13.2 Å². The van der Waals surface area contributed by atoms with Gasteiger partial charge in [-0.25, -0.2) is 0 Å². The van der Waals surface area contributed by atoms with Crippen LogP contribution in [0, 0.1) is 0 Å². The zero-order chi connectivity index (χ0) is 19.4. The van der Waals surface area contributed by atoms with Gasteiger partial charge in [0, 0.05) is 31.4 Å². The lowest BCUT2D eigenvalue weighted by atomic mass is 10.0. The van der Waals surface area contributed by atoms with E-state index in [9.17, 15) is 22.8 Å². The molecule has 1 amide bonds. The number of carbonyl (C=O) groups excluding carboxylic acids is 1. The average Bonchev–Trinajstić information content (AvgIpc) is 2.62. The highest BCUT2D eigenvalue weighted by molar-refractivity contribution is 5.94. The van der Waals surface area contributed by atoms with E-state index in [1.807, 2.05) is 0 Å². The lowest BCUT2D eigenvalue weighted by molar-refractivity contribution is -0.148. The van der Waals surface area contributed by atoms with E-state index in [4.69, 9.17) is 0 Å². The van der Waals surface area contributed by atoms with Crippen molar-refractivity contribution in [3.05, 3.63) is 52.4 Å². The van der Waals surface area contributed by atoms with Crippen molar-refractivity contribution in [3.63, 3.8) is 0 Å². The highest BCUT2D eigenvalue weighted by Crippen LogP contribution is 2.20. The van der Waals surface area contributed by atoms with Gasteiger partial charge in [-0.1, -0.05) is 6.07 Å². The molecule has 0 atom stereocenters. The molecule has 1 saturated heterocycles. The van der Waals surface area contributed by atoms with Gasteiger partial charge in [0.05, 0.1) is 23.5 Å². The van der Waals surface area contributed by atoms with E-state index in [0.717, 1.165) is 0 Å². The molecule has 3 heterocycles. The summed E-state index contributed by atoms with van der Waals surface area (Å²) in [6, 6.07) is 7.78. The molecule has 1 fully saturated rings. The van der Waals surface area contributed by atoms with Crippen molar-refractivity contribution in [1.29, 1.82) is 0 Å². The third kappa shape index (κ3) is 5.40. The number of carbonyl (C=O) groups is 1. The van der Waals surface area contributed by atoms with Crippen LogP contribution in [0.2, 0.25) is 0 Å². The summed E-state index contributed by atoms with van der Waals surface area (Å²) in [5.74, 6) is -0.315. The Labute approximate surface area is 153 Å². The number of H-pyrrole nitrogens is 1. The predicted octanol–water partition coefficient (Wildman–Crippen LogP) is 2.19. The SMILES string of the molecule is O=C(NC1CCN(CC(F)(F)F)CC1)c1ccc(-c2cccc(=O)[nH]2)nc1. The second-order valence-corrected chi connectivity index (χ2v) is 6.50. The van der Waals surface area contributed by atoms with E-state index in [1.165, 1.54) is 17.2 Å². The summed E-state index contributed by atoms with van der Waals surface area (Å²) in [5, 5.41) is 2.84. The molecule has 0 bridgehead atoms. The fourth-order valence-electron chi connectivity index (χ4n) is 3.04. The third-order valence-electron chi connectivity index (χ3n) is 4.40. The number of alkyl halides is 3. The molecular formula is C18H19F3N4O2. The molecule has 0 aromatic carbocycles. The van der Waals surface area contributed by atoms with Crippen LogP contribution in [-0.4, -0.2) is 52.6 Å². The molecule has 2 N–H and O–H groups in total. The monoisotopic (exact) mass is 380 g/mol.